The van der Waals surface area contributed by atoms with Crippen LogP contribution < -0.4 is 9.64 Å². The van der Waals surface area contributed by atoms with Crippen molar-refractivity contribution in [3.63, 3.8) is 0 Å². The van der Waals surface area contributed by atoms with Crippen LogP contribution >= 0.6 is 0 Å². The van der Waals surface area contributed by atoms with Crippen LogP contribution in [-0.4, -0.2) is 42.7 Å². The molecule has 0 aliphatic carbocycles. The predicted octanol–water partition coefficient (Wildman–Crippen LogP) is 4.16. The summed E-state index contributed by atoms with van der Waals surface area (Å²) < 4.78 is 25.2. The maximum absolute atomic E-state index is 14.8. The molecule has 1 N–H and O–H groups in total. The lowest BCUT2D eigenvalue weighted by Crippen LogP contribution is -2.37. The molecule has 29 heavy (non-hydrogen) atoms. The van der Waals surface area contributed by atoms with E-state index in [1.165, 1.54) is 0 Å². The van der Waals surface area contributed by atoms with E-state index in [4.69, 9.17) is 9.47 Å². The standard InChI is InChI=1S/C22H24FN3O3/c1-3-29-22(27)14-8-10-26(11-9-14)20-7-6-17(21(23)25-20)19-12-15-4-5-16(28-2)13-18(15)24-19/h4-7,12-14,24H,3,8-11H2,1-2H3. The average molecular weight is 397 g/mol. The van der Waals surface area contributed by atoms with E-state index in [2.05, 4.69) is 9.97 Å². The molecule has 3 heterocycles. The van der Waals surface area contributed by atoms with Crippen LogP contribution in [0.4, 0.5) is 10.2 Å². The van der Waals surface area contributed by atoms with Crippen molar-refractivity contribution in [2.45, 2.75) is 19.8 Å². The minimum absolute atomic E-state index is 0.0846. The number of anilines is 1. The molecule has 6 nitrogen and oxygen atoms in total. The highest BCUT2D eigenvalue weighted by molar-refractivity contribution is 5.87. The Morgan fingerprint density at radius 3 is 2.72 bits per heavy atom. The number of pyridine rings is 1. The number of nitrogens with zero attached hydrogens (tertiary/aromatic N) is 2. The number of H-pyrrole nitrogens is 1. The number of fused-ring (bicyclic) bond motifs is 1. The van der Waals surface area contributed by atoms with Crippen molar-refractivity contribution in [3.05, 3.63) is 42.3 Å². The normalized spacial score (nSPS) is 14.9. The van der Waals surface area contributed by atoms with Crippen LogP contribution in [0.25, 0.3) is 22.2 Å². The third kappa shape index (κ3) is 3.90. The van der Waals surface area contributed by atoms with Gasteiger partial charge in [0.2, 0.25) is 5.95 Å². The fourth-order valence-electron chi connectivity index (χ4n) is 3.78. The van der Waals surface area contributed by atoms with Crippen molar-refractivity contribution in [3.8, 4) is 17.0 Å². The van der Waals surface area contributed by atoms with E-state index in [-0.39, 0.29) is 11.9 Å². The first-order valence-electron chi connectivity index (χ1n) is 9.84. The number of aromatic nitrogens is 2. The molecule has 7 heteroatoms. The Kier molecular flexibility index (Phi) is 5.38. The van der Waals surface area contributed by atoms with E-state index in [0.717, 1.165) is 16.7 Å². The second kappa shape index (κ2) is 8.11. The summed E-state index contributed by atoms with van der Waals surface area (Å²) in [4.78, 5) is 21.3. The molecule has 3 aromatic rings. The van der Waals surface area contributed by atoms with Gasteiger partial charge in [-0.1, -0.05) is 0 Å². The molecule has 2 aromatic heterocycles. The maximum atomic E-state index is 14.8. The first-order valence-corrected chi connectivity index (χ1v) is 9.84. The van der Waals surface area contributed by atoms with Gasteiger partial charge in [-0.25, -0.2) is 4.98 Å². The number of carbonyl (C=O) groups excluding carboxylic acids is 1. The number of benzene rings is 1. The minimum atomic E-state index is -0.520. The lowest BCUT2D eigenvalue weighted by atomic mass is 9.97. The molecule has 1 aromatic carbocycles. The smallest absolute Gasteiger partial charge is 0.309 e. The molecule has 1 saturated heterocycles. The maximum Gasteiger partial charge on any atom is 0.309 e. The lowest BCUT2D eigenvalue weighted by Gasteiger charge is -2.31. The molecule has 1 aliphatic rings. The fourth-order valence-corrected chi connectivity index (χ4v) is 3.78. The van der Waals surface area contributed by atoms with Crippen LogP contribution in [0.5, 0.6) is 5.75 Å². The monoisotopic (exact) mass is 397 g/mol. The number of carbonyl (C=O) groups is 1. The molecule has 0 spiro atoms. The molecular weight excluding hydrogens is 373 g/mol. The Morgan fingerprint density at radius 2 is 2.03 bits per heavy atom. The number of esters is 1. The van der Waals surface area contributed by atoms with Gasteiger partial charge in [0, 0.05) is 30.1 Å². The van der Waals surface area contributed by atoms with Gasteiger partial charge in [0.25, 0.3) is 0 Å². The summed E-state index contributed by atoms with van der Waals surface area (Å²) in [7, 11) is 1.61. The Balaban J connectivity index is 1.51. The summed E-state index contributed by atoms with van der Waals surface area (Å²) in [6.45, 7) is 3.52. The first-order chi connectivity index (χ1) is 14.1. The zero-order valence-electron chi connectivity index (χ0n) is 16.6. The third-order valence-corrected chi connectivity index (χ3v) is 5.39. The minimum Gasteiger partial charge on any atom is -0.497 e. The summed E-state index contributed by atoms with van der Waals surface area (Å²) in [5.74, 6) is 0.585. The van der Waals surface area contributed by atoms with E-state index in [1.807, 2.05) is 42.2 Å². The summed E-state index contributed by atoms with van der Waals surface area (Å²) in [5.41, 5.74) is 1.97. The fraction of sp³-hybridized carbons (Fsp3) is 0.364. The van der Waals surface area contributed by atoms with Crippen molar-refractivity contribution in [2.75, 3.05) is 31.7 Å². The molecule has 0 bridgehead atoms. The molecule has 0 unspecified atom stereocenters. The zero-order chi connectivity index (χ0) is 20.4. The van der Waals surface area contributed by atoms with E-state index in [9.17, 15) is 9.18 Å². The number of ether oxygens (including phenoxy) is 2. The van der Waals surface area contributed by atoms with Gasteiger partial charge >= 0.3 is 5.97 Å². The number of halogens is 1. The molecule has 0 radical (unpaired) electrons. The van der Waals surface area contributed by atoms with Crippen LogP contribution in [0.2, 0.25) is 0 Å². The summed E-state index contributed by atoms with van der Waals surface area (Å²) >= 11 is 0. The van der Waals surface area contributed by atoms with Crippen LogP contribution in [0.1, 0.15) is 19.8 Å². The Bertz CT molecular complexity index is 1030. The van der Waals surface area contributed by atoms with Crippen LogP contribution in [0.15, 0.2) is 36.4 Å². The average Bonchev–Trinajstić information content (AvgIpc) is 3.16. The van der Waals surface area contributed by atoms with Crippen LogP contribution in [-0.2, 0) is 9.53 Å². The summed E-state index contributed by atoms with van der Waals surface area (Å²) in [5, 5.41) is 0.977. The van der Waals surface area contributed by atoms with Crippen molar-refractivity contribution in [1.29, 1.82) is 0 Å². The Morgan fingerprint density at radius 1 is 1.24 bits per heavy atom. The zero-order valence-corrected chi connectivity index (χ0v) is 16.6. The lowest BCUT2D eigenvalue weighted by molar-refractivity contribution is -0.148. The van der Waals surface area contributed by atoms with E-state index in [0.29, 0.717) is 49.6 Å². The van der Waals surface area contributed by atoms with Gasteiger partial charge in [-0.3, -0.25) is 4.79 Å². The number of rotatable bonds is 5. The molecule has 1 fully saturated rings. The number of hydrogen-bond donors (Lipinski definition) is 1. The van der Waals surface area contributed by atoms with E-state index >= 15 is 0 Å². The third-order valence-electron chi connectivity index (χ3n) is 5.39. The highest BCUT2D eigenvalue weighted by Crippen LogP contribution is 2.30. The molecule has 0 saturated carbocycles. The molecule has 4 rings (SSSR count). The van der Waals surface area contributed by atoms with Gasteiger partial charge in [0.1, 0.15) is 11.6 Å². The second-order valence-electron chi connectivity index (χ2n) is 7.16. The van der Waals surface area contributed by atoms with Crippen molar-refractivity contribution in [1.82, 2.24) is 9.97 Å². The van der Waals surface area contributed by atoms with Crippen molar-refractivity contribution >= 4 is 22.7 Å². The Hall–Kier alpha value is -3.09. The molecule has 0 atom stereocenters. The van der Waals surface area contributed by atoms with Gasteiger partial charge in [0.05, 0.1) is 30.9 Å². The van der Waals surface area contributed by atoms with Gasteiger partial charge < -0.3 is 19.4 Å². The molecule has 1 aliphatic heterocycles. The SMILES string of the molecule is CCOC(=O)C1CCN(c2ccc(-c3cc4ccc(OC)cc4[nH]3)c(F)n2)CC1. The molecule has 152 valence electrons. The van der Waals surface area contributed by atoms with Crippen LogP contribution in [0, 0.1) is 11.9 Å². The van der Waals surface area contributed by atoms with Gasteiger partial charge in [-0.05, 0) is 50.1 Å². The number of hydrogen-bond acceptors (Lipinski definition) is 5. The quantitative estimate of drug-likeness (QED) is 0.517. The largest absolute Gasteiger partial charge is 0.497 e. The number of nitrogens with one attached hydrogen (secondary N) is 1. The number of aromatic amines is 1. The van der Waals surface area contributed by atoms with Gasteiger partial charge in [0.15, 0.2) is 0 Å². The van der Waals surface area contributed by atoms with Crippen molar-refractivity contribution in [2.24, 2.45) is 5.92 Å². The summed E-state index contributed by atoms with van der Waals surface area (Å²) in [6.07, 6.45) is 1.38. The first kappa shape index (κ1) is 19.2. The predicted molar refractivity (Wildman–Crippen MR) is 110 cm³/mol. The van der Waals surface area contributed by atoms with Crippen molar-refractivity contribution < 1.29 is 18.7 Å². The topological polar surface area (TPSA) is 67.4 Å². The molecule has 0 amide bonds. The van der Waals surface area contributed by atoms with E-state index < -0.39 is 5.95 Å². The molecular formula is C22H24FN3O3. The second-order valence-corrected chi connectivity index (χ2v) is 7.16. The highest BCUT2D eigenvalue weighted by atomic mass is 19.1. The van der Waals surface area contributed by atoms with Gasteiger partial charge in [-0.15, -0.1) is 0 Å². The van der Waals surface area contributed by atoms with Crippen LogP contribution in [0.3, 0.4) is 0 Å². The summed E-state index contributed by atoms with van der Waals surface area (Å²) in [6, 6.07) is 11.2. The Labute approximate surface area is 168 Å². The highest BCUT2D eigenvalue weighted by Gasteiger charge is 2.27. The van der Waals surface area contributed by atoms with Gasteiger partial charge in [-0.2, -0.15) is 4.39 Å². The van der Waals surface area contributed by atoms with E-state index in [1.54, 1.807) is 13.2 Å². The number of piperidine rings is 1. The number of methoxy groups -OCH3 is 1.